The van der Waals surface area contributed by atoms with Gasteiger partial charge in [-0.3, -0.25) is 4.98 Å². The van der Waals surface area contributed by atoms with Crippen molar-refractivity contribution in [3.63, 3.8) is 0 Å². The van der Waals surface area contributed by atoms with Crippen LogP contribution in [-0.2, 0) is 11.3 Å². The summed E-state index contributed by atoms with van der Waals surface area (Å²) in [7, 11) is 1.74. The number of aliphatic hydroxyl groups is 1. The fraction of sp³-hybridized carbons (Fsp3) is 0.385. The molecule has 36 heavy (non-hydrogen) atoms. The molecule has 0 unspecified atom stereocenters. The van der Waals surface area contributed by atoms with E-state index in [1.54, 1.807) is 18.0 Å². The molecule has 1 amide bonds. The quantitative estimate of drug-likeness (QED) is 0.480. The van der Waals surface area contributed by atoms with Gasteiger partial charge < -0.3 is 25.0 Å². The lowest BCUT2D eigenvalue weighted by atomic mass is 9.96. The number of fused-ring (bicyclic) bond motifs is 1. The Bertz CT molecular complexity index is 1300. The van der Waals surface area contributed by atoms with Crippen molar-refractivity contribution in [2.75, 3.05) is 43.4 Å². The minimum absolute atomic E-state index is 0.00324. The average molecular weight is 519 g/mol. The van der Waals surface area contributed by atoms with Gasteiger partial charge in [-0.15, -0.1) is 0 Å². The maximum atomic E-state index is 15.9. The fourth-order valence-electron chi connectivity index (χ4n) is 4.42. The first-order valence-electron chi connectivity index (χ1n) is 11.7. The Morgan fingerprint density at radius 1 is 1.19 bits per heavy atom. The van der Waals surface area contributed by atoms with Gasteiger partial charge in [0.05, 0.1) is 29.2 Å². The van der Waals surface area contributed by atoms with Crippen LogP contribution in [0.1, 0.15) is 26.3 Å². The second-order valence-corrected chi connectivity index (χ2v) is 10.0. The van der Waals surface area contributed by atoms with Crippen LogP contribution in [0.25, 0.3) is 22.0 Å². The molecule has 0 bridgehead atoms. The predicted octanol–water partition coefficient (Wildman–Crippen LogP) is 5.42. The second kappa shape index (κ2) is 10.1. The molecule has 1 fully saturated rings. The summed E-state index contributed by atoms with van der Waals surface area (Å²) in [6.07, 6.45) is 1.14. The minimum atomic E-state index is -0.770. The first-order chi connectivity index (χ1) is 17.1. The lowest BCUT2D eigenvalue weighted by molar-refractivity contribution is 0.0241. The summed E-state index contributed by atoms with van der Waals surface area (Å²) in [6.45, 7) is 6.80. The van der Waals surface area contributed by atoms with E-state index < -0.39 is 23.8 Å². The molecule has 0 saturated carbocycles. The molecule has 7 nitrogen and oxygen atoms in total. The molecular weight excluding hydrogens is 490 g/mol. The Morgan fingerprint density at radius 3 is 2.50 bits per heavy atom. The molecular formula is C26H29ClF2N4O3. The minimum Gasteiger partial charge on any atom is -0.444 e. The van der Waals surface area contributed by atoms with E-state index in [2.05, 4.69) is 10.3 Å². The van der Waals surface area contributed by atoms with Gasteiger partial charge in [0.15, 0.2) is 5.82 Å². The summed E-state index contributed by atoms with van der Waals surface area (Å²) < 4.78 is 36.2. The third-order valence-corrected chi connectivity index (χ3v) is 6.36. The first-order valence-corrected chi connectivity index (χ1v) is 12.0. The Balaban J connectivity index is 1.76. The van der Waals surface area contributed by atoms with Crippen LogP contribution in [0.5, 0.6) is 0 Å². The number of hydrogen-bond acceptors (Lipinski definition) is 6. The Kier molecular flexibility index (Phi) is 7.24. The van der Waals surface area contributed by atoms with Crippen LogP contribution >= 0.6 is 11.6 Å². The topological polar surface area (TPSA) is 77.9 Å². The molecule has 2 aromatic carbocycles. The standard InChI is InChI=1S/C26H29ClF2N4O3/c1-26(2,3)36-25(35)33-10-8-32(9-11-33)24-16-12-17(27)21(20-15(14-34)6-5-7-18(20)28)22(29)23(16)31-13-19(24)30-4/h5-7,12-13,30,34H,8-11,14H2,1-4H3. The number of carbonyl (C=O) groups excluding carboxylic acids is 1. The number of halogens is 3. The van der Waals surface area contributed by atoms with Gasteiger partial charge in [-0.25, -0.2) is 13.6 Å². The van der Waals surface area contributed by atoms with Crippen LogP contribution in [0.4, 0.5) is 25.0 Å². The van der Waals surface area contributed by atoms with Crippen molar-refractivity contribution in [2.45, 2.75) is 33.0 Å². The number of anilines is 2. The van der Waals surface area contributed by atoms with Crippen LogP contribution in [-0.4, -0.2) is 59.9 Å². The van der Waals surface area contributed by atoms with Crippen LogP contribution in [0.15, 0.2) is 30.5 Å². The molecule has 2 N–H and O–H groups in total. The van der Waals surface area contributed by atoms with Crippen molar-refractivity contribution in [3.05, 3.63) is 52.7 Å². The van der Waals surface area contributed by atoms with Crippen molar-refractivity contribution in [2.24, 2.45) is 0 Å². The van der Waals surface area contributed by atoms with E-state index in [1.807, 2.05) is 25.7 Å². The fourth-order valence-corrected chi connectivity index (χ4v) is 4.71. The van der Waals surface area contributed by atoms with Gasteiger partial charge in [0.25, 0.3) is 0 Å². The Hall–Kier alpha value is -3.17. The average Bonchev–Trinajstić information content (AvgIpc) is 2.83. The van der Waals surface area contributed by atoms with Crippen LogP contribution < -0.4 is 10.2 Å². The molecule has 0 spiro atoms. The van der Waals surface area contributed by atoms with Gasteiger partial charge in [0.1, 0.15) is 16.9 Å². The van der Waals surface area contributed by atoms with E-state index in [9.17, 15) is 14.3 Å². The lowest BCUT2D eigenvalue weighted by Gasteiger charge is -2.37. The number of nitrogens with one attached hydrogen (secondary N) is 1. The summed E-state index contributed by atoms with van der Waals surface area (Å²) in [5, 5.41) is 13.3. The number of benzene rings is 2. The van der Waals surface area contributed by atoms with Crippen molar-refractivity contribution in [1.82, 2.24) is 9.88 Å². The predicted molar refractivity (Wildman–Crippen MR) is 138 cm³/mol. The van der Waals surface area contributed by atoms with Gasteiger partial charge in [0.2, 0.25) is 0 Å². The van der Waals surface area contributed by atoms with E-state index in [-0.39, 0.29) is 33.3 Å². The molecule has 0 radical (unpaired) electrons. The number of carbonyl (C=O) groups is 1. The van der Waals surface area contributed by atoms with Crippen LogP contribution in [0, 0.1) is 11.6 Å². The molecule has 3 aromatic rings. The Morgan fingerprint density at radius 2 is 1.89 bits per heavy atom. The van der Waals surface area contributed by atoms with Crippen molar-refractivity contribution >= 4 is 40.0 Å². The monoisotopic (exact) mass is 518 g/mol. The molecule has 2 heterocycles. The number of nitrogens with zero attached hydrogens (tertiary/aromatic N) is 3. The highest BCUT2D eigenvalue weighted by Gasteiger charge is 2.29. The van der Waals surface area contributed by atoms with Crippen LogP contribution in [0.2, 0.25) is 5.02 Å². The van der Waals surface area contributed by atoms with Crippen molar-refractivity contribution < 1.29 is 23.4 Å². The third kappa shape index (κ3) is 4.90. The zero-order valence-electron chi connectivity index (χ0n) is 20.7. The number of rotatable bonds is 4. The van der Waals surface area contributed by atoms with E-state index in [1.165, 1.54) is 24.4 Å². The van der Waals surface area contributed by atoms with E-state index in [4.69, 9.17) is 16.3 Å². The normalized spacial score (nSPS) is 14.3. The summed E-state index contributed by atoms with van der Waals surface area (Å²) in [5.74, 6) is -1.46. The second-order valence-electron chi connectivity index (χ2n) is 9.60. The van der Waals surface area contributed by atoms with Crippen molar-refractivity contribution in [1.29, 1.82) is 0 Å². The third-order valence-electron chi connectivity index (χ3n) is 6.06. The van der Waals surface area contributed by atoms with Crippen molar-refractivity contribution in [3.8, 4) is 11.1 Å². The molecule has 0 atom stereocenters. The summed E-state index contributed by atoms with van der Waals surface area (Å²) in [4.78, 5) is 20.5. The SMILES string of the molecule is CNc1cnc2c(F)c(-c3c(F)cccc3CO)c(Cl)cc2c1N1CCN(C(=O)OC(C)(C)C)CC1. The molecule has 1 aliphatic heterocycles. The van der Waals surface area contributed by atoms with E-state index in [0.29, 0.717) is 42.9 Å². The van der Waals surface area contributed by atoms with E-state index >= 15 is 4.39 Å². The Labute approximate surface area is 213 Å². The highest BCUT2D eigenvalue weighted by Crippen LogP contribution is 2.42. The number of hydrogen-bond donors (Lipinski definition) is 2. The molecule has 1 aliphatic rings. The molecule has 0 aliphatic carbocycles. The van der Waals surface area contributed by atoms with Gasteiger partial charge >= 0.3 is 6.09 Å². The van der Waals surface area contributed by atoms with Gasteiger partial charge in [-0.05, 0) is 38.5 Å². The number of aliphatic hydroxyl groups excluding tert-OH is 1. The highest BCUT2D eigenvalue weighted by molar-refractivity contribution is 6.34. The number of aromatic nitrogens is 1. The molecule has 10 heteroatoms. The number of ether oxygens (including phenoxy) is 1. The highest BCUT2D eigenvalue weighted by atomic mass is 35.5. The van der Waals surface area contributed by atoms with Gasteiger partial charge in [0, 0.05) is 49.7 Å². The number of amides is 1. The first kappa shape index (κ1) is 25.9. The molecule has 4 rings (SSSR count). The lowest BCUT2D eigenvalue weighted by Crippen LogP contribution is -2.50. The molecule has 1 aromatic heterocycles. The zero-order chi connectivity index (χ0) is 26.2. The van der Waals surface area contributed by atoms with Gasteiger partial charge in [-0.2, -0.15) is 0 Å². The number of pyridine rings is 1. The maximum absolute atomic E-state index is 15.9. The number of piperazine rings is 1. The molecule has 192 valence electrons. The zero-order valence-corrected chi connectivity index (χ0v) is 21.4. The van der Waals surface area contributed by atoms with E-state index in [0.717, 1.165) is 0 Å². The molecule has 1 saturated heterocycles. The maximum Gasteiger partial charge on any atom is 0.410 e. The van der Waals surface area contributed by atoms with Gasteiger partial charge in [-0.1, -0.05) is 23.7 Å². The smallest absolute Gasteiger partial charge is 0.410 e. The summed E-state index contributed by atoms with van der Waals surface area (Å²) in [6, 6.07) is 5.74. The largest absolute Gasteiger partial charge is 0.444 e. The summed E-state index contributed by atoms with van der Waals surface area (Å²) >= 11 is 6.55. The van der Waals surface area contributed by atoms with Crippen LogP contribution in [0.3, 0.4) is 0 Å². The summed E-state index contributed by atoms with van der Waals surface area (Å²) in [5.41, 5.74) is 0.793.